The average molecular weight is 510 g/mol. The molecule has 2 bridgehead atoms. The molecule has 0 aliphatic carbocycles. The van der Waals surface area contributed by atoms with E-state index < -0.39 is 29.3 Å². The number of alkyl halides is 3. The molecule has 35 heavy (non-hydrogen) atoms. The second kappa shape index (κ2) is 8.71. The molecule has 2 aromatic heterocycles. The highest BCUT2D eigenvalue weighted by Gasteiger charge is 2.49. The van der Waals surface area contributed by atoms with Gasteiger partial charge in [-0.05, 0) is 37.5 Å². The van der Waals surface area contributed by atoms with Crippen molar-refractivity contribution in [3.8, 4) is 11.4 Å². The Labute approximate surface area is 201 Å². The summed E-state index contributed by atoms with van der Waals surface area (Å²) < 4.78 is 66.8. The Kier molecular flexibility index (Phi) is 5.82. The van der Waals surface area contributed by atoms with Crippen molar-refractivity contribution in [2.75, 3.05) is 5.32 Å². The third-order valence-corrected chi connectivity index (χ3v) is 6.64. The molecule has 0 radical (unpaired) electrons. The van der Waals surface area contributed by atoms with Gasteiger partial charge in [-0.25, -0.2) is 23.7 Å². The Hall–Kier alpha value is -3.34. The number of anilines is 1. The molecule has 3 aromatic rings. The lowest BCUT2D eigenvalue weighted by Gasteiger charge is -2.26. The molecule has 2 aliphatic heterocycles. The number of fused-ring (bicyclic) bond motifs is 2. The number of hydrogen-bond donors (Lipinski definition) is 1. The molecule has 3 atom stereocenters. The minimum Gasteiger partial charge on any atom is -0.364 e. The molecule has 5 rings (SSSR count). The number of nitrogens with zero attached hydrogens (tertiary/aromatic N) is 4. The number of pyridine rings is 1. The Morgan fingerprint density at radius 1 is 1.09 bits per heavy atom. The zero-order chi connectivity index (χ0) is 24.9. The molecule has 0 saturated carbocycles. The van der Waals surface area contributed by atoms with Crippen molar-refractivity contribution in [1.82, 2.24) is 19.9 Å². The number of rotatable bonds is 4. The van der Waals surface area contributed by atoms with Gasteiger partial charge >= 0.3 is 6.18 Å². The van der Waals surface area contributed by atoms with Crippen LogP contribution in [-0.4, -0.2) is 43.9 Å². The highest BCUT2D eigenvalue weighted by molar-refractivity contribution is 6.33. The molecular formula is C23H17ClF5N5O. The molecule has 12 heteroatoms. The van der Waals surface area contributed by atoms with Crippen LogP contribution in [0.5, 0.6) is 0 Å². The number of benzene rings is 1. The van der Waals surface area contributed by atoms with Gasteiger partial charge in [0.05, 0.1) is 40.1 Å². The molecule has 2 fully saturated rings. The monoisotopic (exact) mass is 509 g/mol. The topological polar surface area (TPSA) is 71.0 Å². The minimum atomic E-state index is -4.57. The maximum atomic E-state index is 14.8. The molecule has 2 aliphatic rings. The van der Waals surface area contributed by atoms with Gasteiger partial charge in [-0.2, -0.15) is 13.2 Å². The summed E-state index contributed by atoms with van der Waals surface area (Å²) in [4.78, 5) is 26.7. The van der Waals surface area contributed by atoms with E-state index in [1.54, 1.807) is 4.90 Å². The maximum Gasteiger partial charge on any atom is 0.417 e. The molecule has 1 N–H and O–H groups in total. The Bertz CT molecular complexity index is 1290. The third kappa shape index (κ3) is 4.29. The Morgan fingerprint density at radius 2 is 1.83 bits per heavy atom. The van der Waals surface area contributed by atoms with Gasteiger partial charge in [-0.1, -0.05) is 17.7 Å². The fourth-order valence-corrected chi connectivity index (χ4v) is 5.07. The molecule has 0 unspecified atom stereocenters. The highest BCUT2D eigenvalue weighted by atomic mass is 35.5. The average Bonchev–Trinajstić information content (AvgIpc) is 3.37. The second-order valence-electron chi connectivity index (χ2n) is 8.44. The SMILES string of the molecule is O=C(c1cccc(F)c1-c1ncc(F)cn1)N1[C@@H]2CC[C@H]1[C@H](Nc1ncc(C(F)(F)F)cc1Cl)C2. The Balaban J connectivity index is 1.41. The summed E-state index contributed by atoms with van der Waals surface area (Å²) in [5.41, 5.74) is -1.04. The predicted octanol–water partition coefficient (Wildman–Crippen LogP) is 5.35. The lowest BCUT2D eigenvalue weighted by Crippen LogP contribution is -2.40. The lowest BCUT2D eigenvalue weighted by molar-refractivity contribution is -0.137. The van der Waals surface area contributed by atoms with Crippen LogP contribution >= 0.6 is 11.6 Å². The van der Waals surface area contributed by atoms with E-state index in [4.69, 9.17) is 11.6 Å². The standard InChI is InChI=1S/C23H17ClF5N5O/c24-15-6-11(23(27,28)29)8-30-20(15)33-17-7-13-4-5-18(17)34(13)22(35)14-2-1-3-16(26)19(14)21-31-9-12(25)10-32-21/h1-3,6,8-10,13,17-18H,4-5,7H2,(H,30,33)/t13-,17-,18+/m1/s1. The van der Waals surface area contributed by atoms with Crippen molar-refractivity contribution in [1.29, 1.82) is 0 Å². The van der Waals surface area contributed by atoms with E-state index in [-0.39, 0.29) is 45.9 Å². The number of aromatic nitrogens is 3. The van der Waals surface area contributed by atoms with Crippen LogP contribution in [0.25, 0.3) is 11.4 Å². The molecule has 1 aromatic carbocycles. The van der Waals surface area contributed by atoms with Crippen molar-refractivity contribution < 1.29 is 26.7 Å². The summed E-state index contributed by atoms with van der Waals surface area (Å²) in [7, 11) is 0. The van der Waals surface area contributed by atoms with Crippen LogP contribution in [0.2, 0.25) is 5.02 Å². The largest absolute Gasteiger partial charge is 0.417 e. The molecule has 1 amide bonds. The van der Waals surface area contributed by atoms with Gasteiger partial charge in [-0.15, -0.1) is 0 Å². The normalized spacial score (nSPS) is 21.4. The van der Waals surface area contributed by atoms with Gasteiger partial charge in [0.2, 0.25) is 0 Å². The van der Waals surface area contributed by atoms with Crippen molar-refractivity contribution in [2.24, 2.45) is 0 Å². The van der Waals surface area contributed by atoms with Gasteiger partial charge in [0.25, 0.3) is 5.91 Å². The van der Waals surface area contributed by atoms with E-state index in [9.17, 15) is 26.7 Å². The van der Waals surface area contributed by atoms with Gasteiger partial charge in [0, 0.05) is 18.3 Å². The summed E-state index contributed by atoms with van der Waals surface area (Å²) in [6, 6.07) is 4.05. The maximum absolute atomic E-state index is 14.8. The molecule has 2 saturated heterocycles. The molecule has 6 nitrogen and oxygen atoms in total. The first-order chi connectivity index (χ1) is 16.6. The van der Waals surface area contributed by atoms with Crippen LogP contribution in [-0.2, 0) is 6.18 Å². The van der Waals surface area contributed by atoms with E-state index in [0.29, 0.717) is 19.0 Å². The fourth-order valence-electron chi connectivity index (χ4n) is 4.85. The van der Waals surface area contributed by atoms with Crippen LogP contribution in [0, 0.1) is 11.6 Å². The summed E-state index contributed by atoms with van der Waals surface area (Å²) in [5.74, 6) is -1.87. The fraction of sp³-hybridized carbons (Fsp3) is 0.304. The summed E-state index contributed by atoms with van der Waals surface area (Å²) in [6.07, 6.45) is -0.196. The van der Waals surface area contributed by atoms with Crippen LogP contribution in [0.3, 0.4) is 0 Å². The van der Waals surface area contributed by atoms with Crippen molar-refractivity contribution >= 4 is 23.3 Å². The van der Waals surface area contributed by atoms with Gasteiger partial charge < -0.3 is 10.2 Å². The van der Waals surface area contributed by atoms with E-state index in [2.05, 4.69) is 20.3 Å². The quantitative estimate of drug-likeness (QED) is 0.480. The number of hydrogen-bond acceptors (Lipinski definition) is 5. The summed E-state index contributed by atoms with van der Waals surface area (Å²) in [5, 5.41) is 2.90. The smallest absolute Gasteiger partial charge is 0.364 e. The van der Waals surface area contributed by atoms with Gasteiger partial charge in [0.1, 0.15) is 11.6 Å². The van der Waals surface area contributed by atoms with Crippen LogP contribution in [0.15, 0.2) is 42.9 Å². The van der Waals surface area contributed by atoms with E-state index in [1.165, 1.54) is 18.2 Å². The van der Waals surface area contributed by atoms with Crippen molar-refractivity contribution in [3.05, 3.63) is 70.6 Å². The first kappa shape index (κ1) is 23.4. The van der Waals surface area contributed by atoms with Crippen LogP contribution < -0.4 is 5.32 Å². The number of carbonyl (C=O) groups is 1. The minimum absolute atomic E-state index is 0.0415. The number of carbonyl (C=O) groups excluding carboxylic acids is 1. The predicted molar refractivity (Wildman–Crippen MR) is 117 cm³/mol. The number of halogens is 6. The van der Waals surface area contributed by atoms with Crippen LogP contribution in [0.4, 0.5) is 27.8 Å². The van der Waals surface area contributed by atoms with E-state index in [0.717, 1.165) is 24.9 Å². The summed E-state index contributed by atoms with van der Waals surface area (Å²) in [6.45, 7) is 0. The first-order valence-electron chi connectivity index (χ1n) is 10.7. The van der Waals surface area contributed by atoms with Crippen LogP contribution in [0.1, 0.15) is 35.2 Å². The zero-order valence-corrected chi connectivity index (χ0v) is 18.6. The first-order valence-corrected chi connectivity index (χ1v) is 11.1. The lowest BCUT2D eigenvalue weighted by atomic mass is 9.95. The Morgan fingerprint density at radius 3 is 2.51 bits per heavy atom. The molecule has 182 valence electrons. The molecular weight excluding hydrogens is 493 g/mol. The highest BCUT2D eigenvalue weighted by Crippen LogP contribution is 2.42. The number of amides is 1. The third-order valence-electron chi connectivity index (χ3n) is 6.35. The summed E-state index contributed by atoms with van der Waals surface area (Å²) >= 11 is 6.04. The van der Waals surface area contributed by atoms with E-state index in [1.807, 2.05) is 0 Å². The molecule has 4 heterocycles. The number of nitrogens with one attached hydrogen (secondary N) is 1. The molecule has 0 spiro atoms. The van der Waals surface area contributed by atoms with Crippen molar-refractivity contribution in [3.63, 3.8) is 0 Å². The van der Waals surface area contributed by atoms with Gasteiger partial charge in [-0.3, -0.25) is 4.79 Å². The second-order valence-corrected chi connectivity index (χ2v) is 8.84. The van der Waals surface area contributed by atoms with Crippen molar-refractivity contribution in [2.45, 2.75) is 43.6 Å². The van der Waals surface area contributed by atoms with E-state index >= 15 is 0 Å². The zero-order valence-electron chi connectivity index (χ0n) is 17.9. The van der Waals surface area contributed by atoms with Gasteiger partial charge in [0.15, 0.2) is 11.6 Å².